The lowest BCUT2D eigenvalue weighted by molar-refractivity contribution is 0.328. The molecule has 0 aromatic heterocycles. The highest BCUT2D eigenvalue weighted by Gasteiger charge is 2.10. The molecule has 1 fully saturated rings. The van der Waals surface area contributed by atoms with Gasteiger partial charge in [0.15, 0.2) is 0 Å². The minimum Gasteiger partial charge on any atom is -0.310 e. The summed E-state index contributed by atoms with van der Waals surface area (Å²) < 4.78 is 0. The highest BCUT2D eigenvalue weighted by molar-refractivity contribution is 7.98. The van der Waals surface area contributed by atoms with Crippen LogP contribution in [0.4, 0.5) is 0 Å². The van der Waals surface area contributed by atoms with E-state index in [4.69, 9.17) is 0 Å². The number of likely N-dealkylation sites (tertiary alicyclic amines) is 1. The van der Waals surface area contributed by atoms with E-state index in [1.165, 1.54) is 49.4 Å². The summed E-state index contributed by atoms with van der Waals surface area (Å²) in [5.74, 6) is 0. The van der Waals surface area contributed by atoms with Crippen molar-refractivity contribution in [3.05, 3.63) is 29.8 Å². The highest BCUT2D eigenvalue weighted by atomic mass is 32.2. The van der Waals surface area contributed by atoms with E-state index in [1.807, 2.05) is 0 Å². The molecule has 2 nitrogen and oxygen atoms in total. The van der Waals surface area contributed by atoms with E-state index >= 15 is 0 Å². The molecule has 3 heteroatoms. The van der Waals surface area contributed by atoms with Gasteiger partial charge in [-0.05, 0) is 76.3 Å². The van der Waals surface area contributed by atoms with Crippen molar-refractivity contribution in [2.24, 2.45) is 0 Å². The Morgan fingerprint density at radius 1 is 1.21 bits per heavy atom. The predicted molar refractivity (Wildman–Crippen MR) is 84.9 cm³/mol. The SMILES string of the molecule is CSc1ccc(C(C)NCCCN2CCCC2)cc1. The first-order chi connectivity index (χ1) is 9.29. The van der Waals surface area contributed by atoms with E-state index in [9.17, 15) is 0 Å². The molecular weight excluding hydrogens is 252 g/mol. The smallest absolute Gasteiger partial charge is 0.0291 e. The second-order valence-corrected chi connectivity index (χ2v) is 6.23. The lowest BCUT2D eigenvalue weighted by atomic mass is 10.1. The first-order valence-electron chi connectivity index (χ1n) is 7.39. The van der Waals surface area contributed by atoms with Gasteiger partial charge in [0.25, 0.3) is 0 Å². The van der Waals surface area contributed by atoms with Crippen LogP contribution in [0.2, 0.25) is 0 Å². The van der Waals surface area contributed by atoms with Gasteiger partial charge in [0.05, 0.1) is 0 Å². The van der Waals surface area contributed by atoms with Crippen molar-refractivity contribution >= 4 is 11.8 Å². The van der Waals surface area contributed by atoms with Gasteiger partial charge < -0.3 is 10.2 Å². The Kier molecular flexibility index (Phi) is 6.21. The summed E-state index contributed by atoms with van der Waals surface area (Å²) >= 11 is 1.80. The van der Waals surface area contributed by atoms with Crippen molar-refractivity contribution < 1.29 is 0 Å². The van der Waals surface area contributed by atoms with Crippen LogP contribution in [0.1, 0.15) is 37.8 Å². The molecule has 0 spiro atoms. The summed E-state index contributed by atoms with van der Waals surface area (Å²) in [4.78, 5) is 3.92. The lowest BCUT2D eigenvalue weighted by Gasteiger charge is -2.17. The Morgan fingerprint density at radius 3 is 2.53 bits per heavy atom. The molecule has 0 amide bonds. The summed E-state index contributed by atoms with van der Waals surface area (Å²) in [5.41, 5.74) is 1.39. The van der Waals surface area contributed by atoms with Crippen LogP contribution < -0.4 is 5.32 Å². The quantitative estimate of drug-likeness (QED) is 0.606. The molecule has 0 saturated carbocycles. The predicted octanol–water partition coefficient (Wildman–Crippen LogP) is 3.55. The number of nitrogens with zero attached hydrogens (tertiary/aromatic N) is 1. The number of nitrogens with one attached hydrogen (secondary N) is 1. The number of rotatable bonds is 7. The third kappa shape index (κ3) is 4.83. The molecule has 0 radical (unpaired) electrons. The largest absolute Gasteiger partial charge is 0.310 e. The molecule has 1 aromatic carbocycles. The van der Waals surface area contributed by atoms with Crippen molar-refractivity contribution in [2.75, 3.05) is 32.4 Å². The van der Waals surface area contributed by atoms with Gasteiger partial charge in [0.2, 0.25) is 0 Å². The molecule has 1 unspecified atom stereocenters. The Bertz CT molecular complexity index is 358. The zero-order chi connectivity index (χ0) is 13.5. The minimum atomic E-state index is 0.453. The average molecular weight is 278 g/mol. The minimum absolute atomic E-state index is 0.453. The van der Waals surface area contributed by atoms with E-state index in [0.29, 0.717) is 6.04 Å². The number of thioether (sulfide) groups is 1. The maximum Gasteiger partial charge on any atom is 0.0291 e. The molecule has 1 heterocycles. The maximum atomic E-state index is 3.63. The first-order valence-corrected chi connectivity index (χ1v) is 8.62. The van der Waals surface area contributed by atoms with Crippen LogP contribution in [0, 0.1) is 0 Å². The van der Waals surface area contributed by atoms with Gasteiger partial charge in [-0.15, -0.1) is 11.8 Å². The zero-order valence-corrected chi connectivity index (χ0v) is 13.0. The lowest BCUT2D eigenvalue weighted by Crippen LogP contribution is -2.26. The average Bonchev–Trinajstić information content (AvgIpc) is 2.96. The topological polar surface area (TPSA) is 15.3 Å². The fourth-order valence-corrected chi connectivity index (χ4v) is 3.05. The highest BCUT2D eigenvalue weighted by Crippen LogP contribution is 2.18. The van der Waals surface area contributed by atoms with Gasteiger partial charge in [-0.25, -0.2) is 0 Å². The normalized spacial score (nSPS) is 17.8. The van der Waals surface area contributed by atoms with Crippen molar-refractivity contribution in [3.63, 3.8) is 0 Å². The standard InChI is InChI=1S/C16H26N2S/c1-14(15-6-8-16(19-2)9-7-15)17-10-5-13-18-11-3-4-12-18/h6-9,14,17H,3-5,10-13H2,1-2H3. The molecule has 1 atom stereocenters. The van der Waals surface area contributed by atoms with Crippen LogP contribution in [-0.4, -0.2) is 37.3 Å². The second kappa shape index (κ2) is 7.93. The zero-order valence-electron chi connectivity index (χ0n) is 12.2. The van der Waals surface area contributed by atoms with Crippen LogP contribution in [0.3, 0.4) is 0 Å². The summed E-state index contributed by atoms with van der Waals surface area (Å²) in [6.07, 6.45) is 6.17. The van der Waals surface area contributed by atoms with Crippen molar-refractivity contribution in [1.82, 2.24) is 10.2 Å². The molecule has 106 valence electrons. The fraction of sp³-hybridized carbons (Fsp3) is 0.625. The summed E-state index contributed by atoms with van der Waals surface area (Å²) in [6.45, 7) is 7.24. The maximum absolute atomic E-state index is 3.63. The summed E-state index contributed by atoms with van der Waals surface area (Å²) in [7, 11) is 0. The first kappa shape index (κ1) is 14.9. The van der Waals surface area contributed by atoms with Gasteiger partial charge in [-0.2, -0.15) is 0 Å². The Morgan fingerprint density at radius 2 is 1.89 bits per heavy atom. The molecule has 0 bridgehead atoms. The molecule has 1 aliphatic heterocycles. The number of hydrogen-bond donors (Lipinski definition) is 1. The molecule has 19 heavy (non-hydrogen) atoms. The Labute approximate surface area is 122 Å². The third-order valence-electron chi connectivity index (χ3n) is 3.92. The van der Waals surface area contributed by atoms with E-state index in [2.05, 4.69) is 47.7 Å². The third-order valence-corrected chi connectivity index (χ3v) is 4.66. The van der Waals surface area contributed by atoms with E-state index in [-0.39, 0.29) is 0 Å². The van der Waals surface area contributed by atoms with Crippen LogP contribution in [-0.2, 0) is 0 Å². The van der Waals surface area contributed by atoms with E-state index in [0.717, 1.165) is 6.54 Å². The van der Waals surface area contributed by atoms with Crippen molar-refractivity contribution in [3.8, 4) is 0 Å². The van der Waals surface area contributed by atoms with E-state index < -0.39 is 0 Å². The van der Waals surface area contributed by atoms with Crippen LogP contribution >= 0.6 is 11.8 Å². The Hall–Kier alpha value is -0.510. The van der Waals surface area contributed by atoms with Crippen molar-refractivity contribution in [1.29, 1.82) is 0 Å². The van der Waals surface area contributed by atoms with Gasteiger partial charge in [-0.1, -0.05) is 12.1 Å². The molecule has 1 aromatic rings. The summed E-state index contributed by atoms with van der Waals surface area (Å²) in [5, 5.41) is 3.63. The number of hydrogen-bond acceptors (Lipinski definition) is 3. The molecule has 1 aliphatic rings. The van der Waals surface area contributed by atoms with E-state index in [1.54, 1.807) is 11.8 Å². The van der Waals surface area contributed by atoms with Crippen LogP contribution in [0.15, 0.2) is 29.2 Å². The van der Waals surface area contributed by atoms with Gasteiger partial charge in [-0.3, -0.25) is 0 Å². The van der Waals surface area contributed by atoms with Crippen LogP contribution in [0.25, 0.3) is 0 Å². The molecule has 1 N–H and O–H groups in total. The summed E-state index contributed by atoms with van der Waals surface area (Å²) in [6, 6.07) is 9.35. The molecule has 1 saturated heterocycles. The molecule has 0 aliphatic carbocycles. The monoisotopic (exact) mass is 278 g/mol. The Balaban J connectivity index is 1.66. The van der Waals surface area contributed by atoms with Crippen molar-refractivity contribution in [2.45, 2.75) is 37.1 Å². The van der Waals surface area contributed by atoms with Gasteiger partial charge in [0.1, 0.15) is 0 Å². The van der Waals surface area contributed by atoms with Gasteiger partial charge >= 0.3 is 0 Å². The molecule has 2 rings (SSSR count). The van der Waals surface area contributed by atoms with Gasteiger partial charge in [0, 0.05) is 10.9 Å². The van der Waals surface area contributed by atoms with Crippen LogP contribution in [0.5, 0.6) is 0 Å². The fourth-order valence-electron chi connectivity index (χ4n) is 2.64. The second-order valence-electron chi connectivity index (χ2n) is 5.35. The molecular formula is C16H26N2S. The number of benzene rings is 1.